The van der Waals surface area contributed by atoms with E-state index < -0.39 is 0 Å². The largest absolute Gasteiger partial charge is 0.309 e. The molecule has 0 aliphatic rings. The van der Waals surface area contributed by atoms with Gasteiger partial charge in [-0.05, 0) is 47.0 Å². The van der Waals surface area contributed by atoms with Crippen LogP contribution in [0.1, 0.15) is 54.1 Å². The number of hydrogen-bond acceptors (Lipinski definition) is 4. The molecule has 5 heteroatoms. The highest BCUT2D eigenvalue weighted by molar-refractivity contribution is 7.10. The Morgan fingerprint density at radius 3 is 2.52 bits per heavy atom. The number of thiophene rings is 1. The first-order chi connectivity index (χ1) is 14.2. The average Bonchev–Trinajstić information content (AvgIpc) is 3.28. The number of hydrogen-bond donors (Lipinski definition) is 2. The van der Waals surface area contributed by atoms with Gasteiger partial charge in [-0.2, -0.15) is 0 Å². The van der Waals surface area contributed by atoms with Crippen molar-refractivity contribution in [3.05, 3.63) is 98.2 Å². The van der Waals surface area contributed by atoms with Crippen molar-refractivity contribution in [3.63, 3.8) is 0 Å². The Kier molecular flexibility index (Phi) is 5.88. The third-order valence-electron chi connectivity index (χ3n) is 5.41. The molecule has 0 aliphatic heterocycles. The van der Waals surface area contributed by atoms with E-state index in [1.54, 1.807) is 17.4 Å². The van der Waals surface area contributed by atoms with E-state index in [9.17, 15) is 4.79 Å². The van der Waals surface area contributed by atoms with Crippen LogP contribution in [0.4, 0.5) is 0 Å². The van der Waals surface area contributed by atoms with Crippen molar-refractivity contribution in [3.8, 4) is 0 Å². The number of nitrogens with zero attached hydrogens (tertiary/aromatic N) is 1. The topological polar surface area (TPSA) is 57.8 Å². The predicted octanol–water partition coefficient (Wildman–Crippen LogP) is 5.38. The molecule has 2 N–H and O–H groups in total. The highest BCUT2D eigenvalue weighted by Gasteiger charge is 2.16. The van der Waals surface area contributed by atoms with Crippen molar-refractivity contribution >= 4 is 22.2 Å². The highest BCUT2D eigenvalue weighted by Crippen LogP contribution is 2.28. The molecule has 0 amide bonds. The molecule has 2 atom stereocenters. The van der Waals surface area contributed by atoms with E-state index in [0.717, 1.165) is 11.9 Å². The molecule has 29 heavy (non-hydrogen) atoms. The number of aromatic amines is 1. The van der Waals surface area contributed by atoms with E-state index in [2.05, 4.69) is 70.9 Å². The Bertz CT molecular complexity index is 1130. The Balaban J connectivity index is 1.60. The molecule has 0 saturated carbocycles. The molecule has 4 rings (SSSR count). The lowest BCUT2D eigenvalue weighted by Crippen LogP contribution is -2.24. The zero-order chi connectivity index (χ0) is 20.2. The Morgan fingerprint density at radius 2 is 1.79 bits per heavy atom. The maximum atomic E-state index is 12.4. The summed E-state index contributed by atoms with van der Waals surface area (Å²) in [6.07, 6.45) is 1.13. The molecule has 2 aromatic heterocycles. The maximum Gasteiger partial charge on any atom is 0.258 e. The lowest BCUT2D eigenvalue weighted by molar-refractivity contribution is 0.593. The molecule has 2 heterocycles. The smallest absolute Gasteiger partial charge is 0.258 e. The minimum Gasteiger partial charge on any atom is -0.309 e. The number of nitrogens with one attached hydrogen (secondary N) is 2. The lowest BCUT2D eigenvalue weighted by atomic mass is 9.95. The fourth-order valence-corrected chi connectivity index (χ4v) is 4.34. The number of fused-ring (bicyclic) bond motifs is 1. The van der Waals surface area contributed by atoms with Gasteiger partial charge < -0.3 is 4.98 Å². The van der Waals surface area contributed by atoms with Crippen LogP contribution in [0.15, 0.2) is 70.8 Å². The normalized spacial score (nSPS) is 13.4. The predicted molar refractivity (Wildman–Crippen MR) is 121 cm³/mol. The molecule has 4 nitrogen and oxygen atoms in total. The van der Waals surface area contributed by atoms with E-state index in [1.807, 2.05) is 18.2 Å². The molecular weight excluding hydrogens is 378 g/mol. The van der Waals surface area contributed by atoms with Gasteiger partial charge in [-0.15, -0.1) is 11.3 Å². The lowest BCUT2D eigenvalue weighted by Gasteiger charge is -2.19. The van der Waals surface area contributed by atoms with Gasteiger partial charge in [0.25, 0.3) is 5.56 Å². The van der Waals surface area contributed by atoms with E-state index in [0.29, 0.717) is 23.7 Å². The number of benzene rings is 2. The molecule has 148 valence electrons. The van der Waals surface area contributed by atoms with Crippen molar-refractivity contribution in [2.45, 2.75) is 38.8 Å². The van der Waals surface area contributed by atoms with Crippen molar-refractivity contribution in [1.82, 2.24) is 15.3 Å². The Hall–Kier alpha value is -2.76. The maximum absolute atomic E-state index is 12.4. The monoisotopic (exact) mass is 403 g/mol. The van der Waals surface area contributed by atoms with Crippen molar-refractivity contribution < 1.29 is 0 Å². The summed E-state index contributed by atoms with van der Waals surface area (Å²) in [5, 5.41) is 6.30. The SMILES string of the molecule is CC[C@@H](C)c1ccc([C@H](NCc2nc3ccccc3c(=O)[nH]2)c2cccs2)cc1. The number of rotatable bonds is 7. The molecule has 0 radical (unpaired) electrons. The zero-order valence-corrected chi connectivity index (χ0v) is 17.5. The molecule has 0 saturated heterocycles. The standard InChI is InChI=1S/C24H25N3OS/c1-3-16(2)17-10-12-18(13-11-17)23(21-9-6-14-29-21)25-15-22-26-20-8-5-4-7-19(20)24(28)27-22/h4-14,16,23,25H,3,15H2,1-2H3,(H,26,27,28)/t16-,23+/m1/s1. The second kappa shape index (κ2) is 8.72. The third kappa shape index (κ3) is 4.31. The third-order valence-corrected chi connectivity index (χ3v) is 6.35. The van der Waals surface area contributed by atoms with Crippen LogP contribution >= 0.6 is 11.3 Å². The van der Waals surface area contributed by atoms with Gasteiger partial charge in [0.15, 0.2) is 0 Å². The first kappa shape index (κ1) is 19.6. The van der Waals surface area contributed by atoms with Crippen LogP contribution in [-0.4, -0.2) is 9.97 Å². The van der Waals surface area contributed by atoms with Crippen molar-refractivity contribution in [2.75, 3.05) is 0 Å². The summed E-state index contributed by atoms with van der Waals surface area (Å²) < 4.78 is 0. The molecule has 0 bridgehead atoms. The summed E-state index contributed by atoms with van der Waals surface area (Å²) >= 11 is 1.73. The summed E-state index contributed by atoms with van der Waals surface area (Å²) in [6.45, 7) is 4.95. The van der Waals surface area contributed by atoms with Crippen LogP contribution in [-0.2, 0) is 6.54 Å². The summed E-state index contributed by atoms with van der Waals surface area (Å²) in [5.41, 5.74) is 3.20. The van der Waals surface area contributed by atoms with E-state index >= 15 is 0 Å². The fraction of sp³-hybridized carbons (Fsp3) is 0.250. The summed E-state index contributed by atoms with van der Waals surface area (Å²) in [5.74, 6) is 1.20. The minimum atomic E-state index is -0.0991. The van der Waals surface area contributed by atoms with Crippen molar-refractivity contribution in [2.24, 2.45) is 0 Å². The van der Waals surface area contributed by atoms with Gasteiger partial charge in [-0.1, -0.05) is 56.3 Å². The Labute approximate surface area is 174 Å². The van der Waals surface area contributed by atoms with Gasteiger partial charge in [0.05, 0.1) is 23.5 Å². The first-order valence-corrected chi connectivity index (χ1v) is 10.9. The van der Waals surface area contributed by atoms with Crippen LogP contribution in [0.5, 0.6) is 0 Å². The van der Waals surface area contributed by atoms with Crippen LogP contribution in [0, 0.1) is 0 Å². The Morgan fingerprint density at radius 1 is 1.03 bits per heavy atom. The van der Waals surface area contributed by atoms with E-state index in [4.69, 9.17) is 0 Å². The van der Waals surface area contributed by atoms with Crippen LogP contribution in [0.2, 0.25) is 0 Å². The second-order valence-electron chi connectivity index (χ2n) is 7.34. The van der Waals surface area contributed by atoms with Gasteiger partial charge in [0.2, 0.25) is 0 Å². The molecular formula is C24H25N3OS. The summed E-state index contributed by atoms with van der Waals surface area (Å²) in [4.78, 5) is 21.1. The summed E-state index contributed by atoms with van der Waals surface area (Å²) in [7, 11) is 0. The van der Waals surface area contributed by atoms with Crippen LogP contribution < -0.4 is 10.9 Å². The molecule has 2 aromatic carbocycles. The molecule has 0 fully saturated rings. The van der Waals surface area contributed by atoms with Crippen LogP contribution in [0.25, 0.3) is 10.9 Å². The molecule has 0 unspecified atom stereocenters. The second-order valence-corrected chi connectivity index (χ2v) is 8.31. The molecule has 0 spiro atoms. The van der Waals surface area contributed by atoms with Gasteiger partial charge in [0, 0.05) is 4.88 Å². The first-order valence-electron chi connectivity index (χ1n) is 10.00. The molecule has 0 aliphatic carbocycles. The highest BCUT2D eigenvalue weighted by atomic mass is 32.1. The van der Waals surface area contributed by atoms with Crippen LogP contribution in [0.3, 0.4) is 0 Å². The fourth-order valence-electron chi connectivity index (χ4n) is 3.51. The zero-order valence-electron chi connectivity index (χ0n) is 16.7. The number of aromatic nitrogens is 2. The van der Waals surface area contributed by atoms with Crippen molar-refractivity contribution in [1.29, 1.82) is 0 Å². The number of para-hydroxylation sites is 1. The molecule has 4 aromatic rings. The minimum absolute atomic E-state index is 0.0535. The van der Waals surface area contributed by atoms with E-state index in [-0.39, 0.29) is 11.6 Å². The summed E-state index contributed by atoms with van der Waals surface area (Å²) in [6, 6.07) is 20.5. The average molecular weight is 404 g/mol. The quantitative estimate of drug-likeness (QED) is 0.436. The number of H-pyrrole nitrogens is 1. The van der Waals surface area contributed by atoms with Gasteiger partial charge in [0.1, 0.15) is 5.82 Å². The van der Waals surface area contributed by atoms with E-state index in [1.165, 1.54) is 16.0 Å². The van der Waals surface area contributed by atoms with Gasteiger partial charge in [-0.25, -0.2) is 4.98 Å². The van der Waals surface area contributed by atoms with Gasteiger partial charge in [-0.3, -0.25) is 10.1 Å². The van der Waals surface area contributed by atoms with Gasteiger partial charge >= 0.3 is 0 Å².